The van der Waals surface area contributed by atoms with Gasteiger partial charge in [-0.15, -0.1) is 0 Å². The fourth-order valence-electron chi connectivity index (χ4n) is 3.78. The number of nitrogens with zero attached hydrogens (tertiary/aromatic N) is 3. The van der Waals surface area contributed by atoms with Crippen LogP contribution in [0.2, 0.25) is 0 Å². The number of piperidine rings is 1. The Morgan fingerprint density at radius 3 is 2.96 bits per heavy atom. The summed E-state index contributed by atoms with van der Waals surface area (Å²) >= 11 is 0. The molecule has 1 saturated heterocycles. The number of benzene rings is 1. The van der Waals surface area contributed by atoms with Crippen molar-refractivity contribution < 1.29 is 13.7 Å². The molecule has 2 amide bonds. The lowest BCUT2D eigenvalue weighted by Crippen LogP contribution is -2.41. The number of carbonyl (C=O) groups excluding carboxylic acids is 1. The topological polar surface area (TPSA) is 84.4 Å². The Labute approximate surface area is 157 Å². The van der Waals surface area contributed by atoms with E-state index in [1.54, 1.807) is 6.92 Å². The second kappa shape index (κ2) is 7.06. The summed E-state index contributed by atoms with van der Waals surface area (Å²) in [7, 11) is 0. The van der Waals surface area contributed by atoms with Gasteiger partial charge in [-0.25, -0.2) is 4.79 Å². The highest BCUT2D eigenvalue weighted by Crippen LogP contribution is 2.32. The number of aryl methyl sites for hydroxylation is 3. The van der Waals surface area contributed by atoms with E-state index in [1.165, 1.54) is 0 Å². The van der Waals surface area contributed by atoms with E-state index >= 15 is 0 Å². The van der Waals surface area contributed by atoms with Crippen molar-refractivity contribution in [3.05, 3.63) is 41.2 Å². The molecule has 2 aromatic heterocycles. The number of hydrogen-bond donors (Lipinski definition) is 1. The lowest BCUT2D eigenvalue weighted by atomic mass is 9.98. The molecular weight excluding hydrogens is 344 g/mol. The number of furan rings is 1. The van der Waals surface area contributed by atoms with Gasteiger partial charge in [0.25, 0.3) is 0 Å². The largest absolute Gasteiger partial charge is 0.459 e. The average Bonchev–Trinajstić information content (AvgIpc) is 3.26. The molecule has 0 radical (unpaired) electrons. The predicted octanol–water partition coefficient (Wildman–Crippen LogP) is 4.41. The van der Waals surface area contributed by atoms with Crippen LogP contribution in [0.25, 0.3) is 11.0 Å². The molecule has 4 rings (SSSR count). The molecule has 1 aliphatic rings. The lowest BCUT2D eigenvalue weighted by Gasteiger charge is -2.31. The highest BCUT2D eigenvalue weighted by Gasteiger charge is 2.28. The van der Waals surface area contributed by atoms with Gasteiger partial charge >= 0.3 is 6.03 Å². The molecule has 3 heterocycles. The molecule has 7 nitrogen and oxygen atoms in total. The minimum absolute atomic E-state index is 0.107. The van der Waals surface area contributed by atoms with E-state index in [9.17, 15) is 4.79 Å². The lowest BCUT2D eigenvalue weighted by molar-refractivity contribution is 0.190. The van der Waals surface area contributed by atoms with E-state index in [4.69, 9.17) is 8.94 Å². The summed E-state index contributed by atoms with van der Waals surface area (Å²) in [6, 6.07) is 5.73. The summed E-state index contributed by atoms with van der Waals surface area (Å²) in [6.07, 6.45) is 2.69. The Hall–Kier alpha value is -2.83. The quantitative estimate of drug-likeness (QED) is 0.740. The number of urea groups is 1. The Morgan fingerprint density at radius 2 is 2.22 bits per heavy atom. The van der Waals surface area contributed by atoms with Crippen LogP contribution in [0.15, 0.2) is 27.1 Å². The average molecular weight is 368 g/mol. The third-order valence-corrected chi connectivity index (χ3v) is 5.24. The molecule has 1 aliphatic heterocycles. The van der Waals surface area contributed by atoms with Crippen LogP contribution in [0.4, 0.5) is 10.5 Å². The molecule has 142 valence electrons. The van der Waals surface area contributed by atoms with Gasteiger partial charge in [0.2, 0.25) is 5.89 Å². The Bertz CT molecular complexity index is 975. The summed E-state index contributed by atoms with van der Waals surface area (Å²) in [5.41, 5.74) is 2.58. The van der Waals surface area contributed by atoms with Crippen molar-refractivity contribution in [3.8, 4) is 0 Å². The molecular formula is C20H24N4O3. The number of amides is 2. The second-order valence-corrected chi connectivity index (χ2v) is 7.07. The minimum atomic E-state index is -0.125. The van der Waals surface area contributed by atoms with Gasteiger partial charge in [-0.3, -0.25) is 0 Å². The number of nitrogens with one attached hydrogen (secondary N) is 1. The maximum Gasteiger partial charge on any atom is 0.321 e. The molecule has 7 heteroatoms. The summed E-state index contributed by atoms with van der Waals surface area (Å²) in [4.78, 5) is 19.0. The van der Waals surface area contributed by atoms with Crippen molar-refractivity contribution in [3.63, 3.8) is 0 Å². The molecule has 27 heavy (non-hydrogen) atoms. The monoisotopic (exact) mass is 368 g/mol. The number of carbonyl (C=O) groups is 1. The predicted molar refractivity (Wildman–Crippen MR) is 102 cm³/mol. The fourth-order valence-corrected chi connectivity index (χ4v) is 3.78. The molecule has 1 fully saturated rings. The van der Waals surface area contributed by atoms with Gasteiger partial charge in [-0.1, -0.05) is 24.2 Å². The maximum atomic E-state index is 12.9. The SMILES string of the molecule is CCc1oc2c(NC(=O)N3CCC[C@H](c4noc(C)n4)C3)cccc2c1C. The maximum absolute atomic E-state index is 12.9. The Kier molecular flexibility index (Phi) is 4.59. The van der Waals surface area contributed by atoms with E-state index in [1.807, 2.05) is 23.1 Å². The van der Waals surface area contributed by atoms with Crippen LogP contribution in [0.5, 0.6) is 0 Å². The van der Waals surface area contributed by atoms with Crippen LogP contribution in [0.3, 0.4) is 0 Å². The van der Waals surface area contributed by atoms with Gasteiger partial charge in [0.1, 0.15) is 5.76 Å². The molecule has 3 aromatic rings. The fraction of sp³-hybridized carbons (Fsp3) is 0.450. The number of likely N-dealkylation sites (tertiary alicyclic amines) is 1. The first kappa shape index (κ1) is 17.6. The number of rotatable bonds is 3. The van der Waals surface area contributed by atoms with E-state index in [0.717, 1.165) is 41.6 Å². The smallest absolute Gasteiger partial charge is 0.321 e. The normalized spacial score (nSPS) is 17.4. The van der Waals surface area contributed by atoms with Crippen molar-refractivity contribution in [2.75, 3.05) is 18.4 Å². The van der Waals surface area contributed by atoms with Gasteiger partial charge in [0, 0.05) is 37.7 Å². The first-order valence-corrected chi connectivity index (χ1v) is 9.44. The summed E-state index contributed by atoms with van der Waals surface area (Å²) in [5.74, 6) is 2.30. The van der Waals surface area contributed by atoms with E-state index in [-0.39, 0.29) is 11.9 Å². The van der Waals surface area contributed by atoms with Crippen LogP contribution in [-0.4, -0.2) is 34.2 Å². The molecule has 0 spiro atoms. The van der Waals surface area contributed by atoms with Crippen LogP contribution in [0.1, 0.15) is 48.7 Å². The van der Waals surface area contributed by atoms with Gasteiger partial charge in [0.15, 0.2) is 11.4 Å². The number of fused-ring (bicyclic) bond motifs is 1. The van der Waals surface area contributed by atoms with E-state index in [0.29, 0.717) is 30.5 Å². The number of aromatic nitrogens is 2. The van der Waals surface area contributed by atoms with Crippen molar-refractivity contribution in [2.24, 2.45) is 0 Å². The summed E-state index contributed by atoms with van der Waals surface area (Å²) in [6.45, 7) is 7.19. The van der Waals surface area contributed by atoms with Gasteiger partial charge < -0.3 is 19.2 Å². The minimum Gasteiger partial charge on any atom is -0.459 e. The van der Waals surface area contributed by atoms with Crippen LogP contribution in [0, 0.1) is 13.8 Å². The molecule has 1 N–H and O–H groups in total. The van der Waals surface area contributed by atoms with Crippen molar-refractivity contribution in [1.82, 2.24) is 15.0 Å². The van der Waals surface area contributed by atoms with Gasteiger partial charge in [-0.05, 0) is 31.4 Å². The van der Waals surface area contributed by atoms with Gasteiger partial charge in [-0.2, -0.15) is 4.98 Å². The zero-order valence-electron chi connectivity index (χ0n) is 15.9. The third kappa shape index (κ3) is 3.29. The Balaban J connectivity index is 1.53. The number of hydrogen-bond acceptors (Lipinski definition) is 5. The molecule has 1 aromatic carbocycles. The summed E-state index contributed by atoms with van der Waals surface area (Å²) in [5, 5.41) is 8.09. The number of anilines is 1. The first-order valence-electron chi connectivity index (χ1n) is 9.44. The molecule has 0 unspecified atom stereocenters. The van der Waals surface area contributed by atoms with Crippen molar-refractivity contribution in [1.29, 1.82) is 0 Å². The second-order valence-electron chi connectivity index (χ2n) is 7.07. The highest BCUT2D eigenvalue weighted by molar-refractivity contribution is 6.00. The zero-order valence-corrected chi connectivity index (χ0v) is 15.9. The van der Waals surface area contributed by atoms with Crippen molar-refractivity contribution >= 4 is 22.7 Å². The first-order chi connectivity index (χ1) is 13.1. The molecule has 0 aliphatic carbocycles. The van der Waals surface area contributed by atoms with Crippen molar-refractivity contribution in [2.45, 2.75) is 46.0 Å². The summed E-state index contributed by atoms with van der Waals surface area (Å²) < 4.78 is 11.1. The third-order valence-electron chi connectivity index (χ3n) is 5.24. The van der Waals surface area contributed by atoms with E-state index < -0.39 is 0 Å². The standard InChI is InChI=1S/C20H24N4O3/c1-4-17-12(2)15-8-5-9-16(18(15)26-17)22-20(25)24-10-6-7-14(11-24)19-21-13(3)27-23-19/h5,8-9,14H,4,6-7,10-11H2,1-3H3,(H,22,25)/t14-/m0/s1. The zero-order chi connectivity index (χ0) is 19.0. The molecule has 0 bridgehead atoms. The molecule has 0 saturated carbocycles. The van der Waals surface area contributed by atoms with E-state index in [2.05, 4.69) is 29.3 Å². The van der Waals surface area contributed by atoms with Crippen LogP contribution in [-0.2, 0) is 6.42 Å². The van der Waals surface area contributed by atoms with Gasteiger partial charge in [0.05, 0.1) is 5.69 Å². The number of para-hydroxylation sites is 1. The van der Waals surface area contributed by atoms with Crippen LogP contribution >= 0.6 is 0 Å². The highest BCUT2D eigenvalue weighted by atomic mass is 16.5. The molecule has 1 atom stereocenters. The Morgan fingerprint density at radius 1 is 1.37 bits per heavy atom. The van der Waals surface area contributed by atoms with Crippen LogP contribution < -0.4 is 5.32 Å².